The number of aryl methyl sites for hydroxylation is 2. The summed E-state index contributed by atoms with van der Waals surface area (Å²) in [6.45, 7) is 2.11. The second-order valence-corrected chi connectivity index (χ2v) is 6.12. The molecule has 7 nitrogen and oxygen atoms in total. The summed E-state index contributed by atoms with van der Waals surface area (Å²) >= 11 is 1.55. The predicted molar refractivity (Wildman–Crippen MR) is 96.1 cm³/mol. The van der Waals surface area contributed by atoms with Crippen molar-refractivity contribution in [3.8, 4) is 0 Å². The van der Waals surface area contributed by atoms with Crippen LogP contribution in [0.1, 0.15) is 18.3 Å². The average Bonchev–Trinajstić information content (AvgIpc) is 2.98. The lowest BCUT2D eigenvalue weighted by molar-refractivity contribution is 0.789. The molecule has 0 unspecified atom stereocenters. The fourth-order valence-corrected chi connectivity index (χ4v) is 3.04. The molecule has 2 aromatic heterocycles. The Kier molecular flexibility index (Phi) is 4.95. The number of anilines is 3. The highest BCUT2D eigenvalue weighted by Gasteiger charge is 2.09. The molecule has 0 spiro atoms. The SMILES string of the molecule is CCc1ccccc1Nc1nc(N)nc(CSc2nccn2C)n1. The van der Waals surface area contributed by atoms with E-state index in [0.717, 1.165) is 17.3 Å². The number of nitrogens with one attached hydrogen (secondary N) is 1. The van der Waals surface area contributed by atoms with E-state index in [1.54, 1.807) is 18.0 Å². The van der Waals surface area contributed by atoms with Crippen LogP contribution in [0.15, 0.2) is 41.8 Å². The van der Waals surface area contributed by atoms with Crippen LogP contribution in [-0.2, 0) is 19.2 Å². The summed E-state index contributed by atoms with van der Waals surface area (Å²) in [5.41, 5.74) is 8.00. The van der Waals surface area contributed by atoms with Crippen LogP contribution >= 0.6 is 11.8 Å². The molecule has 0 aliphatic carbocycles. The van der Waals surface area contributed by atoms with Crippen molar-refractivity contribution in [3.63, 3.8) is 0 Å². The molecule has 3 N–H and O–H groups in total. The Bertz CT molecular complexity index is 831. The Hall–Kier alpha value is -2.61. The second-order valence-electron chi connectivity index (χ2n) is 5.18. The number of benzene rings is 1. The van der Waals surface area contributed by atoms with E-state index in [1.165, 1.54) is 5.56 Å². The van der Waals surface area contributed by atoms with Gasteiger partial charge in [0, 0.05) is 25.1 Å². The van der Waals surface area contributed by atoms with E-state index >= 15 is 0 Å². The largest absolute Gasteiger partial charge is 0.368 e. The number of imidazole rings is 1. The highest BCUT2D eigenvalue weighted by Crippen LogP contribution is 2.22. The Morgan fingerprint density at radius 2 is 2.04 bits per heavy atom. The Balaban J connectivity index is 1.77. The topological polar surface area (TPSA) is 94.5 Å². The van der Waals surface area contributed by atoms with Crippen LogP contribution in [-0.4, -0.2) is 24.5 Å². The minimum absolute atomic E-state index is 0.205. The van der Waals surface area contributed by atoms with Crippen LogP contribution in [0.25, 0.3) is 0 Å². The third-order valence-corrected chi connectivity index (χ3v) is 4.51. The van der Waals surface area contributed by atoms with Crippen molar-refractivity contribution in [1.82, 2.24) is 24.5 Å². The van der Waals surface area contributed by atoms with E-state index in [0.29, 0.717) is 17.5 Å². The van der Waals surface area contributed by atoms with Crippen molar-refractivity contribution >= 4 is 29.3 Å². The highest BCUT2D eigenvalue weighted by atomic mass is 32.2. The summed E-state index contributed by atoms with van der Waals surface area (Å²) in [6.07, 6.45) is 4.59. The number of nitrogen functional groups attached to an aromatic ring is 1. The number of hydrogen-bond acceptors (Lipinski definition) is 7. The van der Waals surface area contributed by atoms with Gasteiger partial charge in [0.15, 0.2) is 5.16 Å². The molecule has 0 aliphatic rings. The molecule has 3 aromatic rings. The Labute approximate surface area is 144 Å². The molecular weight excluding hydrogens is 322 g/mol. The van der Waals surface area contributed by atoms with Crippen molar-refractivity contribution in [2.24, 2.45) is 7.05 Å². The molecule has 0 saturated carbocycles. The van der Waals surface area contributed by atoms with Crippen molar-refractivity contribution < 1.29 is 0 Å². The van der Waals surface area contributed by atoms with Gasteiger partial charge in [-0.25, -0.2) is 4.98 Å². The molecule has 8 heteroatoms. The number of aromatic nitrogens is 5. The first-order chi connectivity index (χ1) is 11.7. The number of thioether (sulfide) groups is 1. The number of nitrogens with two attached hydrogens (primary N) is 1. The zero-order valence-corrected chi connectivity index (χ0v) is 14.4. The predicted octanol–water partition coefficient (Wildman–Crippen LogP) is 2.79. The molecule has 0 amide bonds. The minimum Gasteiger partial charge on any atom is -0.368 e. The van der Waals surface area contributed by atoms with Gasteiger partial charge in [0.2, 0.25) is 11.9 Å². The van der Waals surface area contributed by atoms with Crippen molar-refractivity contribution in [3.05, 3.63) is 48.0 Å². The van der Waals surface area contributed by atoms with Gasteiger partial charge in [0.25, 0.3) is 0 Å². The fraction of sp³-hybridized carbons (Fsp3) is 0.250. The van der Waals surface area contributed by atoms with E-state index in [-0.39, 0.29) is 5.95 Å². The van der Waals surface area contributed by atoms with Crippen molar-refractivity contribution in [1.29, 1.82) is 0 Å². The van der Waals surface area contributed by atoms with Gasteiger partial charge in [-0.1, -0.05) is 36.9 Å². The van der Waals surface area contributed by atoms with Crippen LogP contribution in [0.3, 0.4) is 0 Å². The van der Waals surface area contributed by atoms with Crippen LogP contribution in [0.2, 0.25) is 0 Å². The summed E-state index contributed by atoms with van der Waals surface area (Å²) in [7, 11) is 1.95. The quantitative estimate of drug-likeness (QED) is 0.666. The zero-order valence-electron chi connectivity index (χ0n) is 13.6. The molecule has 2 heterocycles. The van der Waals surface area contributed by atoms with E-state index in [1.807, 2.05) is 36.0 Å². The third-order valence-electron chi connectivity index (χ3n) is 3.45. The van der Waals surface area contributed by atoms with Crippen LogP contribution in [0.4, 0.5) is 17.6 Å². The molecule has 0 atom stereocenters. The molecule has 3 rings (SSSR count). The number of rotatable bonds is 6. The molecule has 1 aromatic carbocycles. The minimum atomic E-state index is 0.205. The van der Waals surface area contributed by atoms with Gasteiger partial charge < -0.3 is 15.6 Å². The lowest BCUT2D eigenvalue weighted by Crippen LogP contribution is -2.07. The standard InChI is InChI=1S/C16H19N7S/c1-3-11-6-4-5-7-12(11)19-15-21-13(20-14(17)22-15)10-24-16-18-8-9-23(16)2/h4-9H,3,10H2,1-2H3,(H3,17,19,20,21,22). The fourth-order valence-electron chi connectivity index (χ4n) is 2.25. The first-order valence-corrected chi connectivity index (χ1v) is 8.59. The second kappa shape index (κ2) is 7.31. The normalized spacial score (nSPS) is 10.8. The number of para-hydroxylation sites is 1. The van der Waals surface area contributed by atoms with Gasteiger partial charge in [0.1, 0.15) is 5.82 Å². The monoisotopic (exact) mass is 341 g/mol. The van der Waals surface area contributed by atoms with Gasteiger partial charge >= 0.3 is 0 Å². The third kappa shape index (κ3) is 3.83. The van der Waals surface area contributed by atoms with Gasteiger partial charge in [-0.15, -0.1) is 0 Å². The maximum atomic E-state index is 5.83. The smallest absolute Gasteiger partial charge is 0.232 e. The lowest BCUT2D eigenvalue weighted by atomic mass is 10.1. The first-order valence-electron chi connectivity index (χ1n) is 7.61. The van der Waals surface area contributed by atoms with E-state index in [2.05, 4.69) is 38.2 Å². The van der Waals surface area contributed by atoms with Crippen LogP contribution in [0, 0.1) is 0 Å². The number of hydrogen-bond donors (Lipinski definition) is 2. The summed E-state index contributed by atoms with van der Waals surface area (Å²) in [4.78, 5) is 17.1. The summed E-state index contributed by atoms with van der Waals surface area (Å²) in [6, 6.07) is 8.07. The molecule has 0 fully saturated rings. The summed E-state index contributed by atoms with van der Waals surface area (Å²) < 4.78 is 1.95. The molecule has 124 valence electrons. The maximum absolute atomic E-state index is 5.83. The average molecular weight is 341 g/mol. The van der Waals surface area contributed by atoms with Crippen LogP contribution < -0.4 is 11.1 Å². The first kappa shape index (κ1) is 16.3. The number of nitrogens with zero attached hydrogens (tertiary/aromatic N) is 5. The van der Waals surface area contributed by atoms with E-state index < -0.39 is 0 Å². The summed E-state index contributed by atoms with van der Waals surface area (Å²) in [5.74, 6) is 1.85. The molecule has 0 saturated heterocycles. The highest BCUT2D eigenvalue weighted by molar-refractivity contribution is 7.98. The van der Waals surface area contributed by atoms with Gasteiger partial charge in [0.05, 0.1) is 5.75 Å². The lowest BCUT2D eigenvalue weighted by Gasteiger charge is -2.10. The molecular formula is C16H19N7S. The molecule has 0 radical (unpaired) electrons. The van der Waals surface area contributed by atoms with Gasteiger partial charge in [-0.05, 0) is 18.1 Å². The maximum Gasteiger partial charge on any atom is 0.232 e. The van der Waals surface area contributed by atoms with E-state index in [4.69, 9.17) is 5.73 Å². The molecule has 0 aliphatic heterocycles. The summed E-state index contributed by atoms with van der Waals surface area (Å²) in [5, 5.41) is 4.14. The van der Waals surface area contributed by atoms with Crippen LogP contribution in [0.5, 0.6) is 0 Å². The molecule has 24 heavy (non-hydrogen) atoms. The Morgan fingerprint density at radius 3 is 2.79 bits per heavy atom. The van der Waals surface area contributed by atoms with Gasteiger partial charge in [-0.3, -0.25) is 0 Å². The Morgan fingerprint density at radius 1 is 1.21 bits per heavy atom. The van der Waals surface area contributed by atoms with E-state index in [9.17, 15) is 0 Å². The van der Waals surface area contributed by atoms with Crippen molar-refractivity contribution in [2.75, 3.05) is 11.1 Å². The van der Waals surface area contributed by atoms with Crippen molar-refractivity contribution in [2.45, 2.75) is 24.3 Å². The van der Waals surface area contributed by atoms with Gasteiger partial charge in [-0.2, -0.15) is 15.0 Å². The molecule has 0 bridgehead atoms. The zero-order chi connectivity index (χ0) is 16.9.